The molecule has 0 saturated heterocycles. The Balaban J connectivity index is 2.54. The predicted molar refractivity (Wildman–Crippen MR) is 76.2 cm³/mol. The maximum absolute atomic E-state index is 10.1. The normalized spacial score (nSPS) is 14.4. The van der Waals surface area contributed by atoms with E-state index in [0.29, 0.717) is 6.42 Å². The van der Waals surface area contributed by atoms with Gasteiger partial charge in [0.25, 0.3) is 0 Å². The number of aliphatic hydroxyl groups is 1. The van der Waals surface area contributed by atoms with Gasteiger partial charge >= 0.3 is 0 Å². The van der Waals surface area contributed by atoms with E-state index in [1.165, 1.54) is 5.56 Å². The van der Waals surface area contributed by atoms with Crippen LogP contribution in [0.5, 0.6) is 0 Å². The van der Waals surface area contributed by atoms with Gasteiger partial charge in [-0.05, 0) is 11.3 Å². The van der Waals surface area contributed by atoms with E-state index < -0.39 is 0 Å². The maximum Gasteiger partial charge on any atom is 0.0659 e. The van der Waals surface area contributed by atoms with Gasteiger partial charge in [-0.15, -0.1) is 11.8 Å². The Morgan fingerprint density at radius 1 is 1.38 bits per heavy atom. The molecule has 0 aromatic heterocycles. The molecular weight excluding hydrogens is 236 g/mol. The van der Waals surface area contributed by atoms with Gasteiger partial charge in [0.2, 0.25) is 0 Å². The van der Waals surface area contributed by atoms with Crippen LogP contribution in [0.1, 0.15) is 31.7 Å². The number of rotatable bonds is 5. The van der Waals surface area contributed by atoms with Gasteiger partial charge in [0.05, 0.1) is 10.3 Å². The van der Waals surface area contributed by atoms with E-state index in [9.17, 15) is 5.11 Å². The van der Waals surface area contributed by atoms with Crippen LogP contribution in [0, 0.1) is 0 Å². The first-order valence-corrected chi connectivity index (χ1v) is 6.93. The minimum Gasteiger partial charge on any atom is -0.392 e. The zero-order valence-corrected chi connectivity index (χ0v) is 11.4. The van der Waals surface area contributed by atoms with Crippen molar-refractivity contribution in [2.75, 3.05) is 5.75 Å². The van der Waals surface area contributed by atoms with E-state index in [1.807, 2.05) is 37.3 Å². The molecule has 2 atom stereocenters. The second-order valence-electron chi connectivity index (χ2n) is 3.78. The molecule has 1 aromatic carbocycles. The first-order chi connectivity index (χ1) is 7.65. The molecule has 0 aliphatic carbocycles. The summed E-state index contributed by atoms with van der Waals surface area (Å²) in [5, 5.41) is 10.1. The molecule has 88 valence electrons. The summed E-state index contributed by atoms with van der Waals surface area (Å²) in [6.45, 7) is 4.11. The summed E-state index contributed by atoms with van der Waals surface area (Å²) >= 11 is 6.85. The smallest absolute Gasteiger partial charge is 0.0659 e. The fourth-order valence-electron chi connectivity index (χ4n) is 1.55. The van der Waals surface area contributed by atoms with Crippen LogP contribution in [0.4, 0.5) is 0 Å². The quantitative estimate of drug-likeness (QED) is 0.810. The van der Waals surface area contributed by atoms with Crippen molar-refractivity contribution in [1.82, 2.24) is 0 Å². The predicted octanol–water partition coefficient (Wildman–Crippen LogP) is 3.62. The highest BCUT2D eigenvalue weighted by Crippen LogP contribution is 2.23. The third-order valence-corrected chi connectivity index (χ3v) is 3.88. The van der Waals surface area contributed by atoms with Crippen LogP contribution in [0.3, 0.4) is 0 Å². The van der Waals surface area contributed by atoms with Crippen molar-refractivity contribution in [3.63, 3.8) is 0 Å². The number of benzene rings is 1. The fraction of sp³-hybridized carbons (Fsp3) is 0.462. The van der Waals surface area contributed by atoms with Crippen LogP contribution in [-0.2, 0) is 0 Å². The monoisotopic (exact) mass is 254 g/mol. The molecule has 0 fully saturated rings. The topological polar surface area (TPSA) is 20.2 Å². The lowest BCUT2D eigenvalue weighted by molar-refractivity contribution is 0.158. The van der Waals surface area contributed by atoms with E-state index in [2.05, 4.69) is 6.92 Å². The molecule has 0 unspecified atom stereocenters. The average Bonchev–Trinajstić information content (AvgIpc) is 2.29. The summed E-state index contributed by atoms with van der Waals surface area (Å²) in [5.74, 6) is 1.11. The van der Waals surface area contributed by atoms with Crippen molar-refractivity contribution in [3.05, 3.63) is 35.9 Å². The lowest BCUT2D eigenvalue weighted by Crippen LogP contribution is -2.18. The van der Waals surface area contributed by atoms with Crippen molar-refractivity contribution in [3.8, 4) is 0 Å². The molecular formula is C13H18OS2. The van der Waals surface area contributed by atoms with Gasteiger partial charge in [0.15, 0.2) is 0 Å². The molecule has 0 aliphatic heterocycles. The summed E-state index contributed by atoms with van der Waals surface area (Å²) in [6, 6.07) is 10.1. The second kappa shape index (κ2) is 7.05. The van der Waals surface area contributed by atoms with E-state index in [-0.39, 0.29) is 12.0 Å². The number of thiocarbonyl (C=S) groups is 1. The fourth-order valence-corrected chi connectivity index (χ4v) is 2.68. The Morgan fingerprint density at radius 2 is 2.00 bits per heavy atom. The molecule has 0 aliphatic rings. The molecule has 0 saturated carbocycles. The minimum atomic E-state index is -0.381. The Kier molecular flexibility index (Phi) is 6.03. The number of hydrogen-bond acceptors (Lipinski definition) is 3. The number of thioether (sulfide) groups is 1. The number of aliphatic hydroxyl groups excluding tert-OH is 1. The van der Waals surface area contributed by atoms with Crippen molar-refractivity contribution in [2.24, 2.45) is 0 Å². The Bertz CT molecular complexity index is 324. The van der Waals surface area contributed by atoms with Gasteiger partial charge in [-0.2, -0.15) is 0 Å². The van der Waals surface area contributed by atoms with Crippen LogP contribution in [0.15, 0.2) is 30.3 Å². The summed E-state index contributed by atoms with van der Waals surface area (Å²) in [4.78, 5) is 0. The first-order valence-electron chi connectivity index (χ1n) is 5.53. The van der Waals surface area contributed by atoms with Crippen LogP contribution in [-0.4, -0.2) is 21.2 Å². The van der Waals surface area contributed by atoms with Crippen molar-refractivity contribution in [1.29, 1.82) is 0 Å². The molecule has 1 N–H and O–H groups in total. The minimum absolute atomic E-state index is 0.136. The van der Waals surface area contributed by atoms with Crippen molar-refractivity contribution < 1.29 is 5.11 Å². The zero-order valence-electron chi connectivity index (χ0n) is 9.72. The van der Waals surface area contributed by atoms with Gasteiger partial charge in [0.1, 0.15) is 0 Å². The molecule has 3 heteroatoms. The van der Waals surface area contributed by atoms with Gasteiger partial charge in [-0.3, -0.25) is 0 Å². The van der Waals surface area contributed by atoms with Crippen molar-refractivity contribution >= 4 is 28.2 Å². The molecule has 0 radical (unpaired) electrons. The van der Waals surface area contributed by atoms with E-state index in [4.69, 9.17) is 12.2 Å². The standard InChI is InChI=1S/C13H18OS2/c1-3-16-13(15)9-12(14)10(2)11-7-5-4-6-8-11/h4-8,10,12,14H,3,9H2,1-2H3/t10-,12-/m1/s1. The van der Waals surface area contributed by atoms with Gasteiger partial charge < -0.3 is 5.11 Å². The van der Waals surface area contributed by atoms with E-state index >= 15 is 0 Å². The largest absolute Gasteiger partial charge is 0.392 e. The van der Waals surface area contributed by atoms with Crippen LogP contribution in [0.2, 0.25) is 0 Å². The number of hydrogen-bond donors (Lipinski definition) is 1. The van der Waals surface area contributed by atoms with Gasteiger partial charge in [0, 0.05) is 12.3 Å². The summed E-state index contributed by atoms with van der Waals surface area (Å²) < 4.78 is 0.901. The molecule has 0 spiro atoms. The molecule has 0 heterocycles. The highest BCUT2D eigenvalue weighted by atomic mass is 32.2. The summed E-state index contributed by atoms with van der Waals surface area (Å²) in [6.07, 6.45) is 0.220. The van der Waals surface area contributed by atoms with Gasteiger partial charge in [-0.1, -0.05) is 56.4 Å². The molecule has 1 nitrogen and oxygen atoms in total. The average molecular weight is 254 g/mol. The third-order valence-electron chi connectivity index (χ3n) is 2.58. The molecule has 1 rings (SSSR count). The van der Waals surface area contributed by atoms with Crippen LogP contribution < -0.4 is 0 Å². The highest BCUT2D eigenvalue weighted by Gasteiger charge is 2.17. The van der Waals surface area contributed by atoms with E-state index in [0.717, 1.165) is 9.95 Å². The SMILES string of the molecule is CCSC(=S)C[C@@H](O)[C@H](C)c1ccccc1. The summed E-state index contributed by atoms with van der Waals surface area (Å²) in [5.41, 5.74) is 1.17. The highest BCUT2D eigenvalue weighted by molar-refractivity contribution is 8.23. The van der Waals surface area contributed by atoms with Crippen LogP contribution in [0.25, 0.3) is 0 Å². The molecule has 0 bridgehead atoms. The van der Waals surface area contributed by atoms with Gasteiger partial charge in [-0.25, -0.2) is 0 Å². The second-order valence-corrected chi connectivity index (χ2v) is 5.89. The Morgan fingerprint density at radius 3 is 2.56 bits per heavy atom. The molecule has 1 aromatic rings. The maximum atomic E-state index is 10.1. The zero-order chi connectivity index (χ0) is 12.0. The lowest BCUT2D eigenvalue weighted by Gasteiger charge is -2.19. The molecule has 16 heavy (non-hydrogen) atoms. The Hall–Kier alpha value is -0.380. The van der Waals surface area contributed by atoms with E-state index in [1.54, 1.807) is 11.8 Å². The summed E-state index contributed by atoms with van der Waals surface area (Å²) in [7, 11) is 0. The Labute approximate surface area is 107 Å². The molecule has 0 amide bonds. The van der Waals surface area contributed by atoms with Crippen molar-refractivity contribution in [2.45, 2.75) is 32.3 Å². The lowest BCUT2D eigenvalue weighted by atomic mass is 9.94. The van der Waals surface area contributed by atoms with Crippen LogP contribution >= 0.6 is 24.0 Å². The third kappa shape index (κ3) is 4.24. The first kappa shape index (κ1) is 13.7.